The maximum absolute atomic E-state index is 12.3. The molecule has 2 N–H and O–H groups in total. The van der Waals surface area contributed by atoms with Crippen molar-refractivity contribution < 1.29 is 14.6 Å². The van der Waals surface area contributed by atoms with E-state index in [1.165, 1.54) is 0 Å². The van der Waals surface area contributed by atoms with Gasteiger partial charge < -0.3 is 15.2 Å². The third-order valence-corrected chi connectivity index (χ3v) is 3.62. The summed E-state index contributed by atoms with van der Waals surface area (Å²) in [5.41, 5.74) is 1.30. The summed E-state index contributed by atoms with van der Waals surface area (Å²) in [6, 6.07) is 5.50. The minimum atomic E-state index is -0.237. The molecule has 0 saturated heterocycles. The molecule has 0 radical (unpaired) electrons. The van der Waals surface area contributed by atoms with Gasteiger partial charge in [0.15, 0.2) is 5.78 Å². The van der Waals surface area contributed by atoms with Crippen LogP contribution in [0.5, 0.6) is 5.75 Å². The van der Waals surface area contributed by atoms with Gasteiger partial charge in [-0.05, 0) is 38.6 Å². The van der Waals surface area contributed by atoms with Gasteiger partial charge in [0.05, 0.1) is 25.4 Å². The van der Waals surface area contributed by atoms with Gasteiger partial charge in [-0.25, -0.2) is 0 Å². The molecular formula is C16H24N2O3. The quantitative estimate of drug-likeness (QED) is 0.782. The van der Waals surface area contributed by atoms with Crippen LogP contribution < -0.4 is 10.1 Å². The molecule has 0 aliphatic carbocycles. The molecule has 5 heteroatoms. The fourth-order valence-electron chi connectivity index (χ4n) is 2.36. The summed E-state index contributed by atoms with van der Waals surface area (Å²) < 4.78 is 5.88. The van der Waals surface area contributed by atoms with Crippen LogP contribution in [0.25, 0.3) is 0 Å². The zero-order chi connectivity index (χ0) is 15.5. The van der Waals surface area contributed by atoms with Gasteiger partial charge in [0.1, 0.15) is 11.4 Å². The number of ether oxygens (including phenoxy) is 1. The number of ketones is 1. The summed E-state index contributed by atoms with van der Waals surface area (Å²) >= 11 is 0. The van der Waals surface area contributed by atoms with Crippen molar-refractivity contribution in [3.05, 3.63) is 23.8 Å². The first-order chi connectivity index (χ1) is 9.95. The van der Waals surface area contributed by atoms with Gasteiger partial charge in [-0.1, -0.05) is 6.92 Å². The second kappa shape index (κ2) is 6.45. The highest BCUT2D eigenvalue weighted by Crippen LogP contribution is 2.33. The van der Waals surface area contributed by atoms with E-state index in [2.05, 4.69) is 5.32 Å². The number of benzene rings is 1. The molecule has 1 aliphatic rings. The third-order valence-electron chi connectivity index (χ3n) is 3.62. The van der Waals surface area contributed by atoms with E-state index in [0.29, 0.717) is 25.2 Å². The molecule has 2 rings (SSSR count). The van der Waals surface area contributed by atoms with Crippen molar-refractivity contribution in [2.24, 2.45) is 0 Å². The van der Waals surface area contributed by atoms with E-state index in [0.717, 1.165) is 18.0 Å². The van der Waals surface area contributed by atoms with E-state index >= 15 is 0 Å². The molecule has 0 bridgehead atoms. The van der Waals surface area contributed by atoms with E-state index in [1.807, 2.05) is 37.8 Å². The maximum Gasteiger partial charge on any atom is 0.176 e. The molecule has 116 valence electrons. The van der Waals surface area contributed by atoms with Crippen LogP contribution in [-0.4, -0.2) is 54.2 Å². The van der Waals surface area contributed by atoms with Crippen LogP contribution in [0.2, 0.25) is 0 Å². The fraction of sp³-hybridized carbons (Fsp3) is 0.562. The normalized spacial score (nSPS) is 16.0. The number of Topliss-reactive ketones (excluding diaryl/α,β-unsaturated/α-hetero) is 1. The van der Waals surface area contributed by atoms with Crippen LogP contribution in [0, 0.1) is 0 Å². The van der Waals surface area contributed by atoms with Crippen molar-refractivity contribution in [3.63, 3.8) is 0 Å². The van der Waals surface area contributed by atoms with Gasteiger partial charge in [0.25, 0.3) is 0 Å². The number of carbonyl (C=O) groups is 1. The zero-order valence-corrected chi connectivity index (χ0v) is 13.0. The van der Waals surface area contributed by atoms with Crippen LogP contribution in [0.4, 0.5) is 5.69 Å². The monoisotopic (exact) mass is 292 g/mol. The van der Waals surface area contributed by atoms with Crippen molar-refractivity contribution >= 4 is 11.5 Å². The number of anilines is 1. The molecule has 1 aromatic rings. The Morgan fingerprint density at radius 1 is 1.48 bits per heavy atom. The van der Waals surface area contributed by atoms with Gasteiger partial charge in [0.2, 0.25) is 0 Å². The van der Waals surface area contributed by atoms with E-state index in [4.69, 9.17) is 9.84 Å². The van der Waals surface area contributed by atoms with Crippen molar-refractivity contribution in [3.8, 4) is 5.75 Å². The number of aliphatic hydroxyl groups excluding tert-OH is 1. The predicted octanol–water partition coefficient (Wildman–Crippen LogP) is 1.77. The first-order valence-corrected chi connectivity index (χ1v) is 7.38. The smallest absolute Gasteiger partial charge is 0.176 e. The number of nitrogens with zero attached hydrogens (tertiary/aromatic N) is 1. The zero-order valence-electron chi connectivity index (χ0n) is 13.0. The SMILES string of the molecule is CCN(CCO)CC(=O)c1ccc2c(c1)NCC(C)(C)O2. The Balaban J connectivity index is 2.10. The first-order valence-electron chi connectivity index (χ1n) is 7.38. The Kier molecular flexibility index (Phi) is 4.85. The average molecular weight is 292 g/mol. The topological polar surface area (TPSA) is 61.8 Å². The molecule has 0 atom stereocenters. The van der Waals surface area contributed by atoms with Crippen molar-refractivity contribution in [2.45, 2.75) is 26.4 Å². The average Bonchev–Trinajstić information content (AvgIpc) is 2.45. The lowest BCUT2D eigenvalue weighted by molar-refractivity contribution is 0.0919. The number of carbonyl (C=O) groups excluding carboxylic acids is 1. The molecule has 0 spiro atoms. The molecule has 0 aromatic heterocycles. The van der Waals surface area contributed by atoms with Crippen LogP contribution in [0.3, 0.4) is 0 Å². The summed E-state index contributed by atoms with van der Waals surface area (Å²) in [4.78, 5) is 14.2. The summed E-state index contributed by atoms with van der Waals surface area (Å²) in [6.45, 7) is 8.38. The molecular weight excluding hydrogens is 268 g/mol. The number of likely N-dealkylation sites (N-methyl/N-ethyl adjacent to an activating group) is 1. The number of hydrogen-bond donors (Lipinski definition) is 2. The number of hydrogen-bond acceptors (Lipinski definition) is 5. The van der Waals surface area contributed by atoms with Gasteiger partial charge in [-0.3, -0.25) is 9.69 Å². The molecule has 1 heterocycles. The Morgan fingerprint density at radius 3 is 2.90 bits per heavy atom. The molecule has 0 amide bonds. The van der Waals surface area contributed by atoms with Crippen molar-refractivity contribution in [2.75, 3.05) is 38.1 Å². The standard InChI is InChI=1S/C16H24N2O3/c1-4-18(7-8-19)10-14(20)12-5-6-15-13(9-12)17-11-16(2,3)21-15/h5-6,9,17,19H,4,7-8,10-11H2,1-3H3. The molecule has 1 aromatic carbocycles. The van der Waals surface area contributed by atoms with E-state index in [9.17, 15) is 4.79 Å². The Labute approximate surface area is 125 Å². The first kappa shape index (κ1) is 15.8. The van der Waals surface area contributed by atoms with Crippen molar-refractivity contribution in [1.82, 2.24) is 4.90 Å². The molecule has 5 nitrogen and oxygen atoms in total. The fourth-order valence-corrected chi connectivity index (χ4v) is 2.36. The third kappa shape index (κ3) is 3.95. The predicted molar refractivity (Wildman–Crippen MR) is 83.2 cm³/mol. The van der Waals surface area contributed by atoms with Gasteiger partial charge in [-0.15, -0.1) is 0 Å². The number of nitrogens with one attached hydrogen (secondary N) is 1. The Bertz CT molecular complexity index is 514. The number of fused-ring (bicyclic) bond motifs is 1. The Hall–Kier alpha value is -1.59. The van der Waals surface area contributed by atoms with E-state index < -0.39 is 0 Å². The highest BCUT2D eigenvalue weighted by molar-refractivity contribution is 5.98. The van der Waals surface area contributed by atoms with Gasteiger partial charge >= 0.3 is 0 Å². The molecule has 0 saturated carbocycles. The number of rotatable bonds is 6. The lowest BCUT2D eigenvalue weighted by Crippen LogP contribution is -2.40. The van der Waals surface area contributed by atoms with Gasteiger partial charge in [0, 0.05) is 12.1 Å². The van der Waals surface area contributed by atoms with Crippen molar-refractivity contribution in [1.29, 1.82) is 0 Å². The largest absolute Gasteiger partial charge is 0.484 e. The van der Waals surface area contributed by atoms with Gasteiger partial charge in [-0.2, -0.15) is 0 Å². The maximum atomic E-state index is 12.3. The summed E-state index contributed by atoms with van der Waals surface area (Å²) in [6.07, 6.45) is 0. The highest BCUT2D eigenvalue weighted by Gasteiger charge is 2.26. The van der Waals surface area contributed by atoms with Crippen LogP contribution in [0.1, 0.15) is 31.1 Å². The summed E-state index contributed by atoms with van der Waals surface area (Å²) in [5.74, 6) is 0.838. The molecule has 0 fully saturated rings. The molecule has 21 heavy (non-hydrogen) atoms. The lowest BCUT2D eigenvalue weighted by Gasteiger charge is -2.33. The second-order valence-corrected chi connectivity index (χ2v) is 5.94. The summed E-state index contributed by atoms with van der Waals surface area (Å²) in [7, 11) is 0. The van der Waals surface area contributed by atoms with E-state index in [-0.39, 0.29) is 18.0 Å². The van der Waals surface area contributed by atoms with E-state index in [1.54, 1.807) is 6.07 Å². The second-order valence-electron chi connectivity index (χ2n) is 5.94. The molecule has 1 aliphatic heterocycles. The van der Waals surface area contributed by atoms with Crippen LogP contribution >= 0.6 is 0 Å². The number of aliphatic hydroxyl groups is 1. The minimum Gasteiger partial charge on any atom is -0.484 e. The molecule has 0 unspecified atom stereocenters. The highest BCUT2D eigenvalue weighted by atomic mass is 16.5. The Morgan fingerprint density at radius 2 is 2.24 bits per heavy atom. The van der Waals surface area contributed by atoms with Crippen LogP contribution in [-0.2, 0) is 0 Å². The lowest BCUT2D eigenvalue weighted by atomic mass is 10.0. The van der Waals surface area contributed by atoms with Crippen LogP contribution in [0.15, 0.2) is 18.2 Å². The summed E-state index contributed by atoms with van der Waals surface area (Å²) in [5, 5.41) is 12.3. The minimum absolute atomic E-state index is 0.0553.